The molecule has 1 aromatic heterocycles. The largest absolute Gasteiger partial charge is 1.00 e. The Morgan fingerprint density at radius 1 is 0.927 bits per heavy atom. The summed E-state index contributed by atoms with van der Waals surface area (Å²) in [6.45, 7) is 5.27. The minimum atomic E-state index is -0.699. The molecule has 3 heterocycles. The molecule has 0 atom stereocenters. The summed E-state index contributed by atoms with van der Waals surface area (Å²) in [7, 11) is 2.00. The Kier molecular flexibility index (Phi) is 10.1. The van der Waals surface area contributed by atoms with Crippen LogP contribution in [0.5, 0.6) is 5.75 Å². The van der Waals surface area contributed by atoms with E-state index in [1.807, 2.05) is 73.4 Å². The molecule has 218 valence electrons. The predicted molar refractivity (Wildman–Crippen MR) is 151 cm³/mol. The first-order valence-electron chi connectivity index (χ1n) is 14.0. The van der Waals surface area contributed by atoms with Gasteiger partial charge in [-0.2, -0.15) is 0 Å². The molecule has 2 aliphatic rings. The van der Waals surface area contributed by atoms with Crippen molar-refractivity contribution in [1.29, 1.82) is 0 Å². The number of halogens is 1. The van der Waals surface area contributed by atoms with E-state index in [0.29, 0.717) is 38.3 Å². The van der Waals surface area contributed by atoms with Crippen LogP contribution < -0.4 is 26.6 Å². The number of hydrogen-bond donors (Lipinski definition) is 0. The van der Waals surface area contributed by atoms with E-state index in [-0.39, 0.29) is 37.7 Å². The molecule has 3 aromatic rings. The van der Waals surface area contributed by atoms with Gasteiger partial charge in [-0.3, -0.25) is 4.79 Å². The lowest BCUT2D eigenvalue weighted by molar-refractivity contribution is -0.671. The molecule has 0 spiro atoms. The van der Waals surface area contributed by atoms with E-state index in [2.05, 4.69) is 23.1 Å². The van der Waals surface area contributed by atoms with Crippen molar-refractivity contribution in [2.75, 3.05) is 37.7 Å². The third-order valence-corrected chi connectivity index (χ3v) is 7.92. The second-order valence-electron chi connectivity index (χ2n) is 10.6. The van der Waals surface area contributed by atoms with Crippen molar-refractivity contribution in [3.8, 4) is 5.75 Å². The molecule has 1 fully saturated rings. The zero-order chi connectivity index (χ0) is 28.0. The molecular weight excluding hydrogens is 542 g/mol. The molecule has 1 amide bonds. The first kappa shape index (κ1) is 30.2. The van der Waals surface area contributed by atoms with Gasteiger partial charge in [0.05, 0.1) is 6.61 Å². The van der Waals surface area contributed by atoms with Gasteiger partial charge in [0.25, 0.3) is 0 Å². The number of anilines is 1. The molecule has 5 rings (SSSR count). The second kappa shape index (κ2) is 13.7. The smallest absolute Gasteiger partial charge is 0.410 e. The molecule has 0 radical (unpaired) electrons. The van der Waals surface area contributed by atoms with Crippen molar-refractivity contribution < 1.29 is 40.8 Å². The minimum Gasteiger partial charge on any atom is -1.00 e. The van der Waals surface area contributed by atoms with E-state index in [4.69, 9.17) is 14.2 Å². The molecule has 0 N–H and O–H groups in total. The standard InChI is InChI=1S/C32H38N3O5.ClH/c1-3-38-30(36)32(14-19-34(20-15-32)28-12-16-33(2)17-13-28)24-40-29-10-9-26-11-18-35(22-27(26)21-29)31(37)39-23-25-7-5-4-6-8-25;/h4-10,12-13,16-17,21H,3,11,14-15,18-20,22-24H2,1-2H3;1H/q+1;/p-1. The first-order chi connectivity index (χ1) is 19.5. The number of pyridine rings is 1. The fourth-order valence-electron chi connectivity index (χ4n) is 5.40. The van der Waals surface area contributed by atoms with E-state index in [9.17, 15) is 9.59 Å². The van der Waals surface area contributed by atoms with Crippen molar-refractivity contribution >= 4 is 17.7 Å². The Morgan fingerprint density at radius 3 is 2.37 bits per heavy atom. The molecule has 9 heteroatoms. The lowest BCUT2D eigenvalue weighted by Gasteiger charge is -2.40. The van der Waals surface area contributed by atoms with Gasteiger partial charge in [-0.15, -0.1) is 0 Å². The van der Waals surface area contributed by atoms with E-state index < -0.39 is 5.41 Å². The van der Waals surface area contributed by atoms with E-state index in [1.165, 1.54) is 5.56 Å². The van der Waals surface area contributed by atoms with Crippen LogP contribution in [0.3, 0.4) is 0 Å². The fourth-order valence-corrected chi connectivity index (χ4v) is 5.40. The molecular formula is C32H38ClN3O5. The summed E-state index contributed by atoms with van der Waals surface area (Å²) in [5.74, 6) is 0.499. The number of aryl methyl sites for hydroxylation is 1. The summed E-state index contributed by atoms with van der Waals surface area (Å²) in [6, 6.07) is 19.9. The number of ether oxygens (including phenoxy) is 3. The number of piperidine rings is 1. The Labute approximate surface area is 248 Å². The van der Waals surface area contributed by atoms with E-state index in [1.54, 1.807) is 4.90 Å². The van der Waals surface area contributed by atoms with Crippen molar-refractivity contribution in [2.24, 2.45) is 12.5 Å². The van der Waals surface area contributed by atoms with Crippen molar-refractivity contribution in [3.05, 3.63) is 89.7 Å². The van der Waals surface area contributed by atoms with Gasteiger partial charge in [0.1, 0.15) is 31.4 Å². The van der Waals surface area contributed by atoms with Crippen LogP contribution in [-0.2, 0) is 40.9 Å². The maximum atomic E-state index is 13.2. The van der Waals surface area contributed by atoms with E-state index in [0.717, 1.165) is 36.3 Å². The topological polar surface area (TPSA) is 72.2 Å². The zero-order valence-corrected chi connectivity index (χ0v) is 24.5. The Hall–Kier alpha value is -3.78. The molecule has 1 saturated heterocycles. The molecule has 41 heavy (non-hydrogen) atoms. The highest BCUT2D eigenvalue weighted by Gasteiger charge is 2.44. The number of esters is 1. The first-order valence-corrected chi connectivity index (χ1v) is 14.0. The van der Waals surface area contributed by atoms with Gasteiger partial charge >= 0.3 is 12.1 Å². The van der Waals surface area contributed by atoms with Gasteiger partial charge in [-0.1, -0.05) is 36.4 Å². The van der Waals surface area contributed by atoms with Gasteiger partial charge in [0.2, 0.25) is 0 Å². The van der Waals surface area contributed by atoms with Crippen LogP contribution in [-0.4, -0.2) is 49.8 Å². The highest BCUT2D eigenvalue weighted by atomic mass is 35.5. The van der Waals surface area contributed by atoms with E-state index >= 15 is 0 Å². The van der Waals surface area contributed by atoms with Crippen molar-refractivity contribution in [1.82, 2.24) is 4.90 Å². The van der Waals surface area contributed by atoms with Crippen LogP contribution in [0.25, 0.3) is 0 Å². The Balaban J connectivity index is 0.00000387. The number of hydrogen-bond acceptors (Lipinski definition) is 6. The third-order valence-electron chi connectivity index (χ3n) is 7.92. The Morgan fingerprint density at radius 2 is 1.66 bits per heavy atom. The minimum absolute atomic E-state index is 0. The summed E-state index contributed by atoms with van der Waals surface area (Å²) in [5.41, 5.74) is 3.65. The summed E-state index contributed by atoms with van der Waals surface area (Å²) in [5, 5.41) is 0. The number of carbonyl (C=O) groups excluding carboxylic acids is 2. The summed E-state index contributed by atoms with van der Waals surface area (Å²) in [6.07, 6.45) is 5.81. The summed E-state index contributed by atoms with van der Waals surface area (Å²) >= 11 is 0. The second-order valence-corrected chi connectivity index (χ2v) is 10.6. The van der Waals surface area contributed by atoms with Gasteiger partial charge in [-0.25, -0.2) is 9.36 Å². The van der Waals surface area contributed by atoms with Crippen molar-refractivity contribution in [3.63, 3.8) is 0 Å². The number of benzene rings is 2. The number of rotatable bonds is 8. The molecule has 8 nitrogen and oxygen atoms in total. The molecule has 0 aliphatic carbocycles. The van der Waals surface area contributed by atoms with Gasteiger partial charge in [0, 0.05) is 44.0 Å². The molecule has 0 unspecified atom stereocenters. The van der Waals surface area contributed by atoms with Crippen LogP contribution in [0, 0.1) is 5.41 Å². The van der Waals surface area contributed by atoms with Crippen LogP contribution in [0.15, 0.2) is 73.1 Å². The number of carbonyl (C=O) groups is 2. The SMILES string of the molecule is CCOC(=O)C1(COc2ccc3c(c2)CN(C(=O)OCc2ccccc2)CC3)CCN(c2cc[n+](C)cc2)CC1.[Cl-]. The predicted octanol–water partition coefficient (Wildman–Crippen LogP) is 1.44. The van der Waals surface area contributed by atoms with Crippen molar-refractivity contribution in [2.45, 2.75) is 39.3 Å². The maximum absolute atomic E-state index is 13.2. The lowest BCUT2D eigenvalue weighted by atomic mass is 9.79. The maximum Gasteiger partial charge on any atom is 0.410 e. The number of fused-ring (bicyclic) bond motifs is 1. The normalized spacial score (nSPS) is 15.8. The Bertz CT molecular complexity index is 1310. The monoisotopic (exact) mass is 579 g/mol. The zero-order valence-electron chi connectivity index (χ0n) is 23.8. The van der Waals surface area contributed by atoms with Crippen LogP contribution in [0.4, 0.5) is 10.5 Å². The highest BCUT2D eigenvalue weighted by molar-refractivity contribution is 5.77. The molecule has 0 saturated carbocycles. The molecule has 2 aromatic carbocycles. The summed E-state index contributed by atoms with van der Waals surface area (Å²) < 4.78 is 19.4. The van der Waals surface area contributed by atoms with Crippen LogP contribution >= 0.6 is 0 Å². The van der Waals surface area contributed by atoms with Gasteiger partial charge < -0.3 is 36.4 Å². The fraction of sp³-hybridized carbons (Fsp3) is 0.406. The average molecular weight is 580 g/mol. The average Bonchev–Trinajstić information content (AvgIpc) is 3.00. The number of nitrogens with zero attached hydrogens (tertiary/aromatic N) is 3. The number of amides is 1. The summed E-state index contributed by atoms with van der Waals surface area (Å²) in [4.78, 5) is 29.9. The third kappa shape index (κ3) is 7.30. The number of aromatic nitrogens is 1. The molecule has 0 bridgehead atoms. The van der Waals surface area contributed by atoms with Crippen LogP contribution in [0.2, 0.25) is 0 Å². The van der Waals surface area contributed by atoms with Gasteiger partial charge in [-0.05, 0) is 55.0 Å². The lowest BCUT2D eigenvalue weighted by Crippen LogP contribution is -3.00. The quantitative estimate of drug-likeness (QED) is 0.297. The van der Waals surface area contributed by atoms with Crippen LogP contribution in [0.1, 0.15) is 36.5 Å². The van der Waals surface area contributed by atoms with Gasteiger partial charge in [0.15, 0.2) is 12.4 Å². The molecule has 2 aliphatic heterocycles. The highest BCUT2D eigenvalue weighted by Crippen LogP contribution is 2.36.